The highest BCUT2D eigenvalue weighted by Gasteiger charge is 2.21. The Bertz CT molecular complexity index is 2430. The van der Waals surface area contributed by atoms with Gasteiger partial charge in [-0.05, 0) is 106 Å². The van der Waals surface area contributed by atoms with Crippen molar-refractivity contribution >= 4 is 23.7 Å². The molecule has 2 aromatic heterocycles. The molecule has 0 atom stereocenters. The lowest BCUT2D eigenvalue weighted by molar-refractivity contribution is 0.0694. The predicted molar refractivity (Wildman–Crippen MR) is 226 cm³/mol. The fourth-order valence-corrected chi connectivity index (χ4v) is 6.46. The maximum absolute atomic E-state index is 13.2. The highest BCUT2D eigenvalue weighted by molar-refractivity contribution is 6.02. The fraction of sp³-hybridized carbons (Fsp3) is 0.234. The molecule has 300 valence electrons. The molecule has 1 fully saturated rings. The number of carbonyl (C=O) groups is 4. The first-order valence-electron chi connectivity index (χ1n) is 19.5. The van der Waals surface area contributed by atoms with Gasteiger partial charge >= 0.3 is 5.97 Å². The summed E-state index contributed by atoms with van der Waals surface area (Å²) in [4.78, 5) is 68.6. The van der Waals surface area contributed by atoms with Crippen LogP contribution in [0.25, 0.3) is 22.3 Å². The van der Waals surface area contributed by atoms with Gasteiger partial charge in [0.05, 0.1) is 5.56 Å². The normalized spacial score (nSPS) is 12.2. The molecule has 12 heteroatoms. The van der Waals surface area contributed by atoms with Crippen LogP contribution in [-0.4, -0.2) is 66.7 Å². The molecule has 4 aromatic carbocycles. The molecule has 0 saturated carbocycles. The number of aromatic nitrogens is 4. The standard InChI is InChI=1S/C26H28N4O2.C21H19N3O3/c1-18-6-8-21(9-7-18)22-12-23(25(31)29-17-20-15-27-19(2)28-16-20)14-24(13-22)26(32)30-10-4-3-5-11-30;1-13-3-5-16(6-4-13)17-7-18(9-19(8-17)21(26)27)20(25)24-12-15-10-22-14(2)23-11-15/h6-9,12-16H,3-5,10-11,17H2,1-2H3,(H,29,31);3-11H,12H2,1-2H3,(H,24,25)(H,26,27). The summed E-state index contributed by atoms with van der Waals surface area (Å²) < 4.78 is 0. The number of nitrogens with zero attached hydrogens (tertiary/aromatic N) is 5. The highest BCUT2D eigenvalue weighted by atomic mass is 16.4. The number of hydrogen-bond donors (Lipinski definition) is 3. The van der Waals surface area contributed by atoms with Crippen molar-refractivity contribution in [2.45, 2.75) is 60.0 Å². The summed E-state index contributed by atoms with van der Waals surface area (Å²) in [6.45, 7) is 9.73. The number of aromatic carboxylic acids is 1. The fourth-order valence-electron chi connectivity index (χ4n) is 6.46. The molecule has 1 saturated heterocycles. The Kier molecular flexibility index (Phi) is 13.6. The maximum atomic E-state index is 13.2. The van der Waals surface area contributed by atoms with E-state index in [1.165, 1.54) is 6.07 Å². The van der Waals surface area contributed by atoms with Gasteiger partial charge in [-0.15, -0.1) is 0 Å². The molecular weight excluding hydrogens is 743 g/mol. The predicted octanol–water partition coefficient (Wildman–Crippen LogP) is 7.71. The number of piperidine rings is 1. The summed E-state index contributed by atoms with van der Waals surface area (Å²) in [5, 5.41) is 15.1. The van der Waals surface area contributed by atoms with E-state index in [1.54, 1.807) is 49.9 Å². The van der Waals surface area contributed by atoms with E-state index in [1.807, 2.05) is 86.3 Å². The Morgan fingerprint density at radius 2 is 0.915 bits per heavy atom. The van der Waals surface area contributed by atoms with Crippen molar-refractivity contribution in [2.75, 3.05) is 13.1 Å². The molecule has 12 nitrogen and oxygen atoms in total. The summed E-state index contributed by atoms with van der Waals surface area (Å²) in [5.41, 5.74) is 8.59. The quantitative estimate of drug-likeness (QED) is 0.126. The Balaban J connectivity index is 0.000000201. The third-order valence-corrected chi connectivity index (χ3v) is 9.87. The van der Waals surface area contributed by atoms with Crippen LogP contribution in [0.2, 0.25) is 0 Å². The van der Waals surface area contributed by atoms with E-state index < -0.39 is 5.97 Å². The van der Waals surface area contributed by atoms with Crippen LogP contribution in [0.1, 0.15) is 94.6 Å². The van der Waals surface area contributed by atoms with E-state index in [2.05, 4.69) is 30.6 Å². The van der Waals surface area contributed by atoms with Crippen LogP contribution in [0.4, 0.5) is 0 Å². The zero-order chi connectivity index (χ0) is 41.9. The molecular formula is C47H47N7O5. The lowest BCUT2D eigenvalue weighted by Gasteiger charge is -2.27. The van der Waals surface area contributed by atoms with Gasteiger partial charge in [0, 0.05) is 78.8 Å². The van der Waals surface area contributed by atoms with Gasteiger partial charge in [-0.2, -0.15) is 0 Å². The summed E-state index contributed by atoms with van der Waals surface area (Å²) in [6, 6.07) is 25.9. The van der Waals surface area contributed by atoms with Gasteiger partial charge in [-0.1, -0.05) is 59.7 Å². The van der Waals surface area contributed by atoms with Crippen molar-refractivity contribution in [1.82, 2.24) is 35.5 Å². The van der Waals surface area contributed by atoms with Crippen LogP contribution in [0.5, 0.6) is 0 Å². The number of rotatable bonds is 10. The van der Waals surface area contributed by atoms with E-state index in [0.29, 0.717) is 40.4 Å². The van der Waals surface area contributed by atoms with E-state index in [-0.39, 0.29) is 29.8 Å². The first kappa shape index (κ1) is 41.6. The number of carboxylic acid groups (broad SMARTS) is 1. The van der Waals surface area contributed by atoms with Crippen molar-refractivity contribution in [1.29, 1.82) is 0 Å². The van der Waals surface area contributed by atoms with Crippen molar-refractivity contribution in [3.8, 4) is 22.3 Å². The Labute approximate surface area is 343 Å². The molecule has 3 N–H and O–H groups in total. The van der Waals surface area contributed by atoms with Gasteiger partial charge < -0.3 is 20.6 Å². The van der Waals surface area contributed by atoms with Crippen LogP contribution in [0.3, 0.4) is 0 Å². The second-order valence-electron chi connectivity index (χ2n) is 14.6. The third-order valence-electron chi connectivity index (χ3n) is 9.87. The summed E-state index contributed by atoms with van der Waals surface area (Å²) >= 11 is 0. The number of hydrogen-bond acceptors (Lipinski definition) is 8. The average Bonchev–Trinajstić information content (AvgIpc) is 3.26. The topological polar surface area (TPSA) is 167 Å². The maximum Gasteiger partial charge on any atom is 0.335 e. The van der Waals surface area contributed by atoms with Gasteiger partial charge in [0.2, 0.25) is 0 Å². The van der Waals surface area contributed by atoms with Crippen LogP contribution < -0.4 is 10.6 Å². The monoisotopic (exact) mass is 789 g/mol. The minimum absolute atomic E-state index is 0.0142. The van der Waals surface area contributed by atoms with Crippen molar-refractivity contribution in [2.24, 2.45) is 0 Å². The number of benzene rings is 4. The first-order chi connectivity index (χ1) is 28.4. The highest BCUT2D eigenvalue weighted by Crippen LogP contribution is 2.26. The number of nitrogens with one attached hydrogen (secondary N) is 2. The minimum Gasteiger partial charge on any atom is -0.478 e. The van der Waals surface area contributed by atoms with Gasteiger partial charge in [-0.3, -0.25) is 14.4 Å². The molecule has 3 heterocycles. The number of likely N-dealkylation sites (tertiary alicyclic amines) is 1. The van der Waals surface area contributed by atoms with Gasteiger partial charge in [0.25, 0.3) is 17.7 Å². The molecule has 3 amide bonds. The van der Waals surface area contributed by atoms with E-state index in [4.69, 9.17) is 0 Å². The molecule has 0 spiro atoms. The Hall–Kier alpha value is -7.08. The van der Waals surface area contributed by atoms with Gasteiger partial charge in [-0.25, -0.2) is 24.7 Å². The summed E-state index contributed by atoms with van der Waals surface area (Å²) in [6.07, 6.45) is 9.91. The zero-order valence-electron chi connectivity index (χ0n) is 33.7. The van der Waals surface area contributed by atoms with Gasteiger partial charge in [0.15, 0.2) is 0 Å². The molecule has 6 aromatic rings. The van der Waals surface area contributed by atoms with Crippen molar-refractivity contribution < 1.29 is 24.3 Å². The van der Waals surface area contributed by atoms with Crippen LogP contribution >= 0.6 is 0 Å². The largest absolute Gasteiger partial charge is 0.478 e. The molecule has 1 aliphatic heterocycles. The third kappa shape index (κ3) is 11.5. The van der Waals surface area contributed by atoms with Gasteiger partial charge in [0.1, 0.15) is 11.6 Å². The lowest BCUT2D eigenvalue weighted by Crippen LogP contribution is -2.35. The summed E-state index contributed by atoms with van der Waals surface area (Å²) in [7, 11) is 0. The Morgan fingerprint density at radius 1 is 0.525 bits per heavy atom. The molecule has 0 bridgehead atoms. The first-order valence-corrected chi connectivity index (χ1v) is 19.5. The van der Waals surface area contributed by atoms with E-state index >= 15 is 0 Å². The smallest absolute Gasteiger partial charge is 0.335 e. The zero-order valence-corrected chi connectivity index (χ0v) is 33.7. The Morgan fingerprint density at radius 3 is 1.34 bits per heavy atom. The molecule has 7 rings (SSSR count). The van der Waals surface area contributed by atoms with Crippen LogP contribution in [-0.2, 0) is 13.1 Å². The van der Waals surface area contributed by atoms with Crippen molar-refractivity contribution in [3.05, 3.63) is 166 Å². The molecule has 0 unspecified atom stereocenters. The average molecular weight is 790 g/mol. The number of carbonyl (C=O) groups excluding carboxylic acids is 3. The minimum atomic E-state index is -1.08. The van der Waals surface area contributed by atoms with E-state index in [9.17, 15) is 24.3 Å². The molecule has 59 heavy (non-hydrogen) atoms. The number of aryl methyl sites for hydroxylation is 4. The second-order valence-corrected chi connectivity index (χ2v) is 14.6. The SMILES string of the molecule is Cc1ccc(-c2cc(C(=O)NCc3cnc(C)nc3)cc(C(=O)N3CCCCC3)c2)cc1.Cc1ccc(-c2cc(C(=O)O)cc(C(=O)NCc3cnc(C)nc3)c2)cc1. The molecule has 1 aliphatic rings. The van der Waals surface area contributed by atoms with Crippen molar-refractivity contribution in [3.63, 3.8) is 0 Å². The number of amides is 3. The van der Waals surface area contributed by atoms with E-state index in [0.717, 1.165) is 71.3 Å². The molecule has 0 radical (unpaired) electrons. The second kappa shape index (κ2) is 19.4. The number of carboxylic acids is 1. The van der Waals surface area contributed by atoms with Crippen LogP contribution in [0.15, 0.2) is 110 Å². The van der Waals surface area contributed by atoms with Crippen LogP contribution in [0, 0.1) is 27.7 Å². The summed E-state index contributed by atoms with van der Waals surface area (Å²) in [5.74, 6) is -0.336. The lowest BCUT2D eigenvalue weighted by atomic mass is 9.97. The molecule has 0 aliphatic carbocycles.